The third kappa shape index (κ3) is 3.80. The van der Waals surface area contributed by atoms with Crippen LogP contribution in [0.3, 0.4) is 0 Å². The van der Waals surface area contributed by atoms with Gasteiger partial charge in [0.1, 0.15) is 0 Å². The van der Waals surface area contributed by atoms with Gasteiger partial charge in [0.2, 0.25) is 0 Å². The molecule has 5 nitrogen and oxygen atoms in total. The smallest absolute Gasteiger partial charge is 0.305 e. The van der Waals surface area contributed by atoms with Gasteiger partial charge in [-0.05, 0) is 25.0 Å². The minimum atomic E-state index is -0.931. The zero-order chi connectivity index (χ0) is 15.6. The van der Waals surface area contributed by atoms with E-state index in [0.29, 0.717) is 11.3 Å². The summed E-state index contributed by atoms with van der Waals surface area (Å²) in [7, 11) is 1.44. The predicted molar refractivity (Wildman–Crippen MR) is 79.3 cm³/mol. The van der Waals surface area contributed by atoms with E-state index >= 15 is 0 Å². The van der Waals surface area contributed by atoms with Gasteiger partial charge in [-0.25, -0.2) is 0 Å². The maximum atomic E-state index is 12.5. The molecule has 1 aliphatic rings. The van der Waals surface area contributed by atoms with Crippen LogP contribution in [0.1, 0.15) is 29.6 Å². The lowest BCUT2D eigenvalue weighted by Crippen LogP contribution is -2.35. The first-order chi connectivity index (χ1) is 9.93. The number of hydrogen-bond acceptors (Lipinski definition) is 3. The van der Waals surface area contributed by atoms with Gasteiger partial charge in [0.15, 0.2) is 5.75 Å². The summed E-state index contributed by atoms with van der Waals surface area (Å²) >= 11 is 12.1. The summed E-state index contributed by atoms with van der Waals surface area (Å²) in [5.74, 6) is -0.872. The standard InChI is InChI=1S/C14H15Cl2NO4/c1-21-13-10(15)6-8(7-11(13)16)14(20)17(9-2-3-9)5-4-12(18)19/h6-7,9H,2-5H2,1H3,(H,18,19). The number of rotatable bonds is 6. The van der Waals surface area contributed by atoms with Crippen molar-refractivity contribution in [2.75, 3.05) is 13.7 Å². The van der Waals surface area contributed by atoms with E-state index in [0.717, 1.165) is 12.8 Å². The maximum absolute atomic E-state index is 12.5. The van der Waals surface area contributed by atoms with E-state index < -0.39 is 5.97 Å². The highest BCUT2D eigenvalue weighted by Crippen LogP contribution is 2.35. The van der Waals surface area contributed by atoms with Crippen LogP contribution in [0.2, 0.25) is 10.0 Å². The molecule has 1 aromatic carbocycles. The highest BCUT2D eigenvalue weighted by atomic mass is 35.5. The first-order valence-corrected chi connectivity index (χ1v) is 7.25. The largest absolute Gasteiger partial charge is 0.494 e. The van der Waals surface area contributed by atoms with E-state index in [4.69, 9.17) is 33.0 Å². The molecule has 0 atom stereocenters. The third-order valence-corrected chi connectivity index (χ3v) is 3.83. The quantitative estimate of drug-likeness (QED) is 0.869. The summed E-state index contributed by atoms with van der Waals surface area (Å²) in [6.07, 6.45) is 1.70. The lowest BCUT2D eigenvalue weighted by Gasteiger charge is -2.22. The van der Waals surface area contributed by atoms with Crippen molar-refractivity contribution >= 4 is 35.1 Å². The van der Waals surface area contributed by atoms with Gasteiger partial charge in [-0.2, -0.15) is 0 Å². The lowest BCUT2D eigenvalue weighted by molar-refractivity contribution is -0.137. The average Bonchev–Trinajstić information content (AvgIpc) is 3.22. The molecule has 0 radical (unpaired) electrons. The van der Waals surface area contributed by atoms with Gasteiger partial charge in [-0.3, -0.25) is 9.59 Å². The van der Waals surface area contributed by atoms with Crippen LogP contribution in [0, 0.1) is 0 Å². The normalized spacial score (nSPS) is 13.9. The first-order valence-electron chi connectivity index (χ1n) is 6.49. The van der Waals surface area contributed by atoms with Crippen LogP contribution in [0.4, 0.5) is 0 Å². The van der Waals surface area contributed by atoms with Crippen molar-refractivity contribution in [2.24, 2.45) is 0 Å². The summed E-state index contributed by atoms with van der Waals surface area (Å²) in [5, 5.41) is 9.28. The highest BCUT2D eigenvalue weighted by molar-refractivity contribution is 6.37. The number of aliphatic carboxylic acids is 1. The number of halogens is 2. The lowest BCUT2D eigenvalue weighted by atomic mass is 10.1. The summed E-state index contributed by atoms with van der Waals surface area (Å²) in [6.45, 7) is 0.181. The number of methoxy groups -OCH3 is 1. The molecule has 7 heteroatoms. The van der Waals surface area contributed by atoms with Gasteiger partial charge in [0.05, 0.1) is 23.6 Å². The Labute approximate surface area is 132 Å². The molecule has 1 aromatic rings. The number of ether oxygens (including phenoxy) is 1. The van der Waals surface area contributed by atoms with Crippen molar-refractivity contribution in [1.82, 2.24) is 4.90 Å². The van der Waals surface area contributed by atoms with E-state index in [1.165, 1.54) is 19.2 Å². The molecule has 1 amide bonds. The Morgan fingerprint density at radius 2 is 1.90 bits per heavy atom. The zero-order valence-electron chi connectivity index (χ0n) is 11.4. The summed E-state index contributed by atoms with van der Waals surface area (Å²) in [6, 6.07) is 3.09. The molecule has 2 rings (SSSR count). The molecule has 114 valence electrons. The van der Waals surface area contributed by atoms with Gasteiger partial charge in [0, 0.05) is 18.2 Å². The first kappa shape index (κ1) is 15.9. The molecule has 0 bridgehead atoms. The minimum Gasteiger partial charge on any atom is -0.494 e. The highest BCUT2D eigenvalue weighted by Gasteiger charge is 2.33. The van der Waals surface area contributed by atoms with Crippen molar-refractivity contribution < 1.29 is 19.4 Å². The molecule has 1 saturated carbocycles. The van der Waals surface area contributed by atoms with Gasteiger partial charge in [0.25, 0.3) is 5.91 Å². The predicted octanol–water partition coefficient (Wildman–Crippen LogP) is 3.08. The van der Waals surface area contributed by atoms with E-state index in [2.05, 4.69) is 0 Å². The Bertz CT molecular complexity index is 549. The molecule has 1 N–H and O–H groups in total. The number of carbonyl (C=O) groups excluding carboxylic acids is 1. The molecular formula is C14H15Cl2NO4. The number of carbonyl (C=O) groups is 2. The number of hydrogen-bond donors (Lipinski definition) is 1. The number of benzene rings is 1. The van der Waals surface area contributed by atoms with Gasteiger partial charge in [-0.15, -0.1) is 0 Å². The molecular weight excluding hydrogens is 317 g/mol. The molecule has 0 heterocycles. The van der Waals surface area contributed by atoms with Crippen molar-refractivity contribution in [1.29, 1.82) is 0 Å². The fourth-order valence-corrected chi connectivity index (χ4v) is 2.74. The second-order valence-corrected chi connectivity index (χ2v) is 5.66. The van der Waals surface area contributed by atoms with E-state index in [-0.39, 0.29) is 35.0 Å². The second-order valence-electron chi connectivity index (χ2n) is 4.85. The molecule has 0 aliphatic heterocycles. The summed E-state index contributed by atoms with van der Waals surface area (Å²) in [5.41, 5.74) is 0.336. The van der Waals surface area contributed by atoms with Crippen LogP contribution in [-0.2, 0) is 4.79 Å². The minimum absolute atomic E-state index is 0.0835. The molecule has 1 aliphatic carbocycles. The van der Waals surface area contributed by atoms with Crippen LogP contribution < -0.4 is 4.74 Å². The fraction of sp³-hybridized carbons (Fsp3) is 0.429. The molecule has 21 heavy (non-hydrogen) atoms. The summed E-state index contributed by atoms with van der Waals surface area (Å²) in [4.78, 5) is 24.8. The average molecular weight is 332 g/mol. The molecule has 0 spiro atoms. The summed E-state index contributed by atoms with van der Waals surface area (Å²) < 4.78 is 5.04. The second kappa shape index (κ2) is 6.54. The Kier molecular flexibility index (Phi) is 4.96. The molecule has 0 aromatic heterocycles. The Balaban J connectivity index is 2.22. The van der Waals surface area contributed by atoms with Crippen LogP contribution >= 0.6 is 23.2 Å². The zero-order valence-corrected chi connectivity index (χ0v) is 12.9. The van der Waals surface area contributed by atoms with Crippen molar-refractivity contribution in [3.8, 4) is 5.75 Å². The number of amides is 1. The van der Waals surface area contributed by atoms with Crippen molar-refractivity contribution in [3.63, 3.8) is 0 Å². The van der Waals surface area contributed by atoms with Crippen LogP contribution in [0.15, 0.2) is 12.1 Å². The number of carboxylic acid groups (broad SMARTS) is 1. The van der Waals surface area contributed by atoms with Crippen LogP contribution in [0.25, 0.3) is 0 Å². The van der Waals surface area contributed by atoms with Crippen LogP contribution in [0.5, 0.6) is 5.75 Å². The third-order valence-electron chi connectivity index (χ3n) is 3.26. The monoisotopic (exact) mass is 331 g/mol. The Morgan fingerprint density at radius 3 is 2.33 bits per heavy atom. The van der Waals surface area contributed by atoms with Crippen molar-refractivity contribution in [2.45, 2.75) is 25.3 Å². The number of nitrogens with zero attached hydrogens (tertiary/aromatic N) is 1. The van der Waals surface area contributed by atoms with E-state index in [1.54, 1.807) is 4.90 Å². The Morgan fingerprint density at radius 1 is 1.33 bits per heavy atom. The van der Waals surface area contributed by atoms with Gasteiger partial charge < -0.3 is 14.7 Å². The molecule has 0 unspecified atom stereocenters. The molecule has 1 fully saturated rings. The number of carboxylic acids is 1. The topological polar surface area (TPSA) is 66.8 Å². The maximum Gasteiger partial charge on any atom is 0.305 e. The van der Waals surface area contributed by atoms with Crippen LogP contribution in [-0.4, -0.2) is 41.6 Å². The van der Waals surface area contributed by atoms with Gasteiger partial charge >= 0.3 is 5.97 Å². The van der Waals surface area contributed by atoms with Crippen molar-refractivity contribution in [3.05, 3.63) is 27.7 Å². The van der Waals surface area contributed by atoms with E-state index in [9.17, 15) is 9.59 Å². The molecule has 0 saturated heterocycles. The SMILES string of the molecule is COc1c(Cl)cc(C(=O)N(CCC(=O)O)C2CC2)cc1Cl. The fourth-order valence-electron chi connectivity index (χ4n) is 2.10. The Hall–Kier alpha value is -1.46. The van der Waals surface area contributed by atoms with E-state index in [1.807, 2.05) is 0 Å². The van der Waals surface area contributed by atoms with Gasteiger partial charge in [-0.1, -0.05) is 23.2 Å².